The van der Waals surface area contributed by atoms with Gasteiger partial charge in [-0.05, 0) is 0 Å². The van der Waals surface area contributed by atoms with E-state index < -0.39 is 67.8 Å². The van der Waals surface area contributed by atoms with E-state index in [0.29, 0.717) is 0 Å². The maximum Gasteiger partial charge on any atom is 0.286 e. The van der Waals surface area contributed by atoms with E-state index in [1.54, 1.807) is 0 Å². The Morgan fingerprint density at radius 2 is 0.773 bits per heavy atom. The van der Waals surface area contributed by atoms with Crippen molar-refractivity contribution in [1.29, 1.82) is 0 Å². The summed E-state index contributed by atoms with van der Waals surface area (Å²) >= 11 is 0. The number of rotatable bonds is 8. The van der Waals surface area contributed by atoms with E-state index in [1.165, 1.54) is 0 Å². The summed E-state index contributed by atoms with van der Waals surface area (Å²) in [5.74, 6) is 0. The molecule has 0 atom stereocenters. The Morgan fingerprint density at radius 1 is 0.591 bits per heavy atom. The second kappa shape index (κ2) is 6.59. The van der Waals surface area contributed by atoms with Gasteiger partial charge in [0.2, 0.25) is 9.16 Å². The first-order valence-corrected chi connectivity index (χ1v) is 10.7. The van der Waals surface area contributed by atoms with Gasteiger partial charge in [0.25, 0.3) is 40.5 Å². The van der Waals surface area contributed by atoms with Gasteiger partial charge in [-0.25, -0.2) is 0 Å². The van der Waals surface area contributed by atoms with Crippen LogP contribution in [-0.4, -0.2) is 84.4 Å². The molecule has 0 aromatic carbocycles. The molecule has 0 heterocycles. The molecule has 0 aromatic rings. The van der Waals surface area contributed by atoms with Crippen LogP contribution in [0.4, 0.5) is 0 Å². The van der Waals surface area contributed by atoms with Gasteiger partial charge in [0.05, 0.1) is 13.1 Å². The lowest BCUT2D eigenvalue weighted by Crippen LogP contribution is -2.46. The van der Waals surface area contributed by atoms with Gasteiger partial charge in [-0.3, -0.25) is 18.2 Å². The van der Waals surface area contributed by atoms with Crippen LogP contribution in [0.1, 0.15) is 0 Å². The number of nitrogens with zero attached hydrogens (tertiary/aromatic N) is 1. The number of hydrogen-bond acceptors (Lipinski definition) is 10. The smallest absolute Gasteiger partial charge is 0.286 e. The largest absolute Gasteiger partial charge is 0.314 e. The fourth-order valence-electron chi connectivity index (χ4n) is 1.10. The zero-order valence-electron chi connectivity index (χ0n) is 10.2. The molecule has 22 heavy (non-hydrogen) atoms. The average Bonchev–Trinajstić information content (AvgIpc) is 2.15. The molecule has 0 saturated heterocycles. The highest BCUT2D eigenvalue weighted by Crippen LogP contribution is 2.12. The summed E-state index contributed by atoms with van der Waals surface area (Å²) in [5.41, 5.74) is 0. The fraction of sp³-hybridized carbons (Fsp3) is 1.00. The topological polar surface area (TPSA) is 241 Å². The lowest BCUT2D eigenvalue weighted by Gasteiger charge is -2.21. The molecule has 0 unspecified atom stereocenters. The standard InChI is InChI=1S/C4H11NO13S4/c6-5(1-3(19(7,8)9)20(10,11)12)2-4(21(13,14)15)22(16,17)18/h3-4,6H,1-2H2,(H,7,8,9)(H,10,11,12)(H,13,14,15)(H,16,17,18). The van der Waals surface area contributed by atoms with Crippen molar-refractivity contribution in [3.63, 3.8) is 0 Å². The molecule has 0 radical (unpaired) electrons. The molecule has 0 spiro atoms. The Morgan fingerprint density at radius 3 is 0.909 bits per heavy atom. The molecule has 0 saturated carbocycles. The zero-order valence-corrected chi connectivity index (χ0v) is 13.4. The third kappa shape index (κ3) is 6.76. The van der Waals surface area contributed by atoms with Crippen LogP contribution in [-0.2, 0) is 40.5 Å². The van der Waals surface area contributed by atoms with Crippen molar-refractivity contribution in [2.45, 2.75) is 9.16 Å². The second-order valence-electron chi connectivity index (χ2n) is 3.79. The number of hydrogen-bond donors (Lipinski definition) is 5. The van der Waals surface area contributed by atoms with Crippen LogP contribution >= 0.6 is 0 Å². The average molecular weight is 409 g/mol. The van der Waals surface area contributed by atoms with Crippen molar-refractivity contribution >= 4 is 40.5 Å². The summed E-state index contributed by atoms with van der Waals surface area (Å²) in [6.45, 7) is -3.39. The summed E-state index contributed by atoms with van der Waals surface area (Å²) in [6, 6.07) is 0. The van der Waals surface area contributed by atoms with E-state index in [1.807, 2.05) is 0 Å². The normalized spacial score (nSPS) is 14.9. The Hall–Kier alpha value is -0.440. The summed E-state index contributed by atoms with van der Waals surface area (Å²) < 4.78 is 114. The highest BCUT2D eigenvalue weighted by Gasteiger charge is 2.41. The zero-order chi connectivity index (χ0) is 18.1. The highest BCUT2D eigenvalue weighted by molar-refractivity contribution is 8.04. The van der Waals surface area contributed by atoms with Gasteiger partial charge in [-0.1, -0.05) is 0 Å². The van der Waals surface area contributed by atoms with E-state index in [0.717, 1.165) is 0 Å². The van der Waals surface area contributed by atoms with Crippen molar-refractivity contribution in [2.24, 2.45) is 0 Å². The predicted molar refractivity (Wildman–Crippen MR) is 67.1 cm³/mol. The second-order valence-corrected chi connectivity index (χ2v) is 10.8. The molecular weight excluding hydrogens is 398 g/mol. The van der Waals surface area contributed by atoms with Crippen LogP contribution in [0.25, 0.3) is 0 Å². The molecule has 0 aliphatic heterocycles. The number of hydroxylamine groups is 2. The summed E-state index contributed by atoms with van der Waals surface area (Å²) in [4.78, 5) is 0. The van der Waals surface area contributed by atoms with Gasteiger partial charge in [-0.2, -0.15) is 38.7 Å². The van der Waals surface area contributed by atoms with E-state index in [-0.39, 0.29) is 0 Å². The van der Waals surface area contributed by atoms with Crippen LogP contribution in [0.15, 0.2) is 0 Å². The van der Waals surface area contributed by atoms with Crippen molar-refractivity contribution in [1.82, 2.24) is 5.06 Å². The van der Waals surface area contributed by atoms with Crippen LogP contribution < -0.4 is 0 Å². The van der Waals surface area contributed by atoms with Crippen LogP contribution in [0.5, 0.6) is 0 Å². The Balaban J connectivity index is 5.50. The first-order chi connectivity index (χ1) is 9.37. The summed E-state index contributed by atoms with van der Waals surface area (Å²) in [5, 5.41) is 8.60. The lowest BCUT2D eigenvalue weighted by molar-refractivity contribution is -0.0846. The van der Waals surface area contributed by atoms with Gasteiger partial charge in [0.1, 0.15) is 0 Å². The van der Waals surface area contributed by atoms with Crippen molar-refractivity contribution in [3.05, 3.63) is 0 Å². The molecule has 0 aliphatic rings. The Bertz CT molecular complexity index is 669. The minimum atomic E-state index is -5.49. The van der Waals surface area contributed by atoms with Gasteiger partial charge in [-0.15, -0.1) is 0 Å². The third-order valence-corrected chi connectivity index (χ3v) is 8.22. The molecule has 0 fully saturated rings. The predicted octanol–water partition coefficient (Wildman–Crippen LogP) is -3.12. The minimum Gasteiger partial charge on any atom is -0.314 e. The van der Waals surface area contributed by atoms with Crippen LogP contribution in [0.3, 0.4) is 0 Å². The molecule has 0 aliphatic carbocycles. The van der Waals surface area contributed by atoms with E-state index in [4.69, 9.17) is 18.2 Å². The molecule has 0 aromatic heterocycles. The van der Waals surface area contributed by atoms with E-state index in [9.17, 15) is 38.9 Å². The van der Waals surface area contributed by atoms with Crippen molar-refractivity contribution in [2.75, 3.05) is 13.1 Å². The summed E-state index contributed by atoms with van der Waals surface area (Å²) in [6.07, 6.45) is 0. The molecule has 18 heteroatoms. The monoisotopic (exact) mass is 409 g/mol. The van der Waals surface area contributed by atoms with Gasteiger partial charge in [0.15, 0.2) is 0 Å². The molecule has 5 N–H and O–H groups in total. The molecule has 134 valence electrons. The molecule has 0 bridgehead atoms. The SMILES string of the molecule is O=S(=O)(O)C(CN(O)CC(S(=O)(=O)O)S(=O)(=O)O)S(=O)(=O)O. The van der Waals surface area contributed by atoms with Crippen molar-refractivity contribution in [3.8, 4) is 0 Å². The van der Waals surface area contributed by atoms with Gasteiger partial charge in [0, 0.05) is 0 Å². The maximum absolute atomic E-state index is 10.7. The highest BCUT2D eigenvalue weighted by atomic mass is 32.3. The Labute approximate surface area is 125 Å². The fourth-order valence-corrected chi connectivity index (χ4v) is 5.00. The van der Waals surface area contributed by atoms with E-state index >= 15 is 0 Å². The van der Waals surface area contributed by atoms with Crippen LogP contribution in [0.2, 0.25) is 0 Å². The van der Waals surface area contributed by atoms with E-state index in [2.05, 4.69) is 0 Å². The third-order valence-electron chi connectivity index (χ3n) is 2.05. The van der Waals surface area contributed by atoms with Gasteiger partial charge < -0.3 is 5.21 Å². The first kappa shape index (κ1) is 21.6. The summed E-state index contributed by atoms with van der Waals surface area (Å²) in [7, 11) is -22.0. The molecule has 0 amide bonds. The maximum atomic E-state index is 10.7. The lowest BCUT2D eigenvalue weighted by atomic mass is 10.6. The molecular formula is C4H11NO13S4. The van der Waals surface area contributed by atoms with Gasteiger partial charge >= 0.3 is 0 Å². The molecule has 14 nitrogen and oxygen atoms in total. The minimum absolute atomic E-state index is 0.571. The van der Waals surface area contributed by atoms with Crippen LogP contribution in [0, 0.1) is 0 Å². The molecule has 0 rings (SSSR count). The van der Waals surface area contributed by atoms with Crippen molar-refractivity contribution < 1.29 is 57.1 Å². The quantitative estimate of drug-likeness (QED) is 0.197. The first-order valence-electron chi connectivity index (χ1n) is 4.66. The Kier molecular flexibility index (Phi) is 6.45.